The Morgan fingerprint density at radius 3 is 2.60 bits per heavy atom. The first-order valence-corrected chi connectivity index (χ1v) is 6.85. The van der Waals surface area contributed by atoms with E-state index in [0.29, 0.717) is 5.56 Å². The van der Waals surface area contributed by atoms with Gasteiger partial charge in [0.05, 0.1) is 17.3 Å². The number of hydrogen-bond donors (Lipinski definition) is 1. The van der Waals surface area contributed by atoms with Gasteiger partial charge in [0.25, 0.3) is 0 Å². The minimum absolute atomic E-state index is 0.179. The van der Waals surface area contributed by atoms with E-state index < -0.39 is 5.97 Å². The number of hydrogen-bond acceptors (Lipinski definition) is 2. The Hall–Kier alpha value is -2.29. The minimum atomic E-state index is -0.853. The van der Waals surface area contributed by atoms with Crippen molar-refractivity contribution in [3.63, 3.8) is 0 Å². The highest BCUT2D eigenvalue weighted by Crippen LogP contribution is 2.37. The molecule has 1 atom stereocenters. The summed E-state index contributed by atoms with van der Waals surface area (Å²) in [5, 5.41) is 9.39. The number of fused-ring (bicyclic) bond motifs is 1. The van der Waals surface area contributed by atoms with Crippen LogP contribution in [-0.4, -0.2) is 17.6 Å². The smallest absolute Gasteiger partial charge is 0.337 e. The summed E-state index contributed by atoms with van der Waals surface area (Å²) in [5.41, 5.74) is 3.63. The maximum Gasteiger partial charge on any atom is 0.337 e. The topological polar surface area (TPSA) is 40.5 Å². The molecule has 102 valence electrons. The van der Waals surface area contributed by atoms with Gasteiger partial charge in [0.2, 0.25) is 0 Å². The number of benzene rings is 2. The van der Waals surface area contributed by atoms with Crippen LogP contribution < -0.4 is 4.90 Å². The normalized spacial score (nSPS) is 14.9. The third-order valence-electron chi connectivity index (χ3n) is 4.01. The molecule has 1 aliphatic rings. The van der Waals surface area contributed by atoms with Crippen molar-refractivity contribution < 1.29 is 9.90 Å². The minimum Gasteiger partial charge on any atom is -0.478 e. The van der Waals surface area contributed by atoms with Crippen LogP contribution in [0.5, 0.6) is 0 Å². The first-order chi connectivity index (χ1) is 9.68. The van der Waals surface area contributed by atoms with E-state index in [2.05, 4.69) is 24.0 Å². The quantitative estimate of drug-likeness (QED) is 0.925. The molecular formula is C17H17NO2. The zero-order chi connectivity index (χ0) is 14.1. The number of carboxylic acids is 1. The van der Waals surface area contributed by atoms with Crippen LogP contribution in [0.15, 0.2) is 48.5 Å². The molecular weight excluding hydrogens is 250 g/mol. The van der Waals surface area contributed by atoms with E-state index in [1.54, 1.807) is 6.07 Å². The van der Waals surface area contributed by atoms with Crippen molar-refractivity contribution in [2.24, 2.45) is 0 Å². The molecule has 3 nitrogen and oxygen atoms in total. The van der Waals surface area contributed by atoms with E-state index in [-0.39, 0.29) is 6.04 Å². The Balaban J connectivity index is 2.03. The fourth-order valence-electron chi connectivity index (χ4n) is 2.96. The van der Waals surface area contributed by atoms with Gasteiger partial charge >= 0.3 is 5.97 Å². The third-order valence-corrected chi connectivity index (χ3v) is 4.01. The van der Waals surface area contributed by atoms with Crippen molar-refractivity contribution in [3.8, 4) is 0 Å². The average molecular weight is 267 g/mol. The zero-order valence-electron chi connectivity index (χ0n) is 11.4. The number of anilines is 1. The van der Waals surface area contributed by atoms with Gasteiger partial charge in [-0.2, -0.15) is 0 Å². The molecule has 2 aromatic rings. The van der Waals surface area contributed by atoms with Gasteiger partial charge in [-0.15, -0.1) is 0 Å². The van der Waals surface area contributed by atoms with Crippen LogP contribution >= 0.6 is 0 Å². The van der Waals surface area contributed by atoms with Crippen LogP contribution in [-0.2, 0) is 6.42 Å². The lowest BCUT2D eigenvalue weighted by Crippen LogP contribution is -2.26. The fraction of sp³-hybridized carbons (Fsp3) is 0.235. The van der Waals surface area contributed by atoms with Gasteiger partial charge in [0.15, 0.2) is 0 Å². The molecule has 2 aromatic carbocycles. The molecule has 0 saturated heterocycles. The molecule has 3 rings (SSSR count). The Bertz CT molecular complexity index is 637. The van der Waals surface area contributed by atoms with E-state index in [1.165, 1.54) is 5.56 Å². The van der Waals surface area contributed by atoms with Crippen molar-refractivity contribution >= 4 is 11.7 Å². The Kier molecular flexibility index (Phi) is 3.18. The lowest BCUT2D eigenvalue weighted by molar-refractivity contribution is 0.0697. The Morgan fingerprint density at radius 2 is 1.90 bits per heavy atom. The summed E-state index contributed by atoms with van der Waals surface area (Å²) in [6.07, 6.45) is 0.910. The van der Waals surface area contributed by atoms with Gasteiger partial charge < -0.3 is 10.0 Å². The average Bonchev–Trinajstić information content (AvgIpc) is 2.91. The summed E-state index contributed by atoms with van der Waals surface area (Å²) >= 11 is 0. The van der Waals surface area contributed by atoms with Crippen molar-refractivity contribution in [2.45, 2.75) is 19.4 Å². The highest BCUT2D eigenvalue weighted by atomic mass is 16.4. The maximum absolute atomic E-state index is 11.4. The molecule has 1 aliphatic heterocycles. The van der Waals surface area contributed by atoms with Gasteiger partial charge in [-0.1, -0.05) is 42.5 Å². The first kappa shape index (κ1) is 12.7. The molecule has 0 aliphatic carbocycles. The SMILES string of the molecule is C[C@H](c1ccccc1)N1CCc2cccc(C(=O)O)c21. The molecule has 0 fully saturated rings. The summed E-state index contributed by atoms with van der Waals surface area (Å²) in [5.74, 6) is -0.853. The Labute approximate surface area is 118 Å². The maximum atomic E-state index is 11.4. The zero-order valence-corrected chi connectivity index (χ0v) is 11.4. The second-order valence-electron chi connectivity index (χ2n) is 5.15. The van der Waals surface area contributed by atoms with E-state index in [4.69, 9.17) is 0 Å². The number of carbonyl (C=O) groups is 1. The van der Waals surface area contributed by atoms with Crippen LogP contribution in [0, 0.1) is 0 Å². The predicted octanol–water partition coefficient (Wildman–Crippen LogP) is 3.51. The summed E-state index contributed by atoms with van der Waals surface area (Å²) in [4.78, 5) is 13.6. The second kappa shape index (κ2) is 5.00. The highest BCUT2D eigenvalue weighted by molar-refractivity contribution is 5.96. The Morgan fingerprint density at radius 1 is 1.15 bits per heavy atom. The molecule has 0 spiro atoms. The fourth-order valence-corrected chi connectivity index (χ4v) is 2.96. The van der Waals surface area contributed by atoms with Gasteiger partial charge in [-0.05, 0) is 30.5 Å². The molecule has 3 heteroatoms. The number of para-hydroxylation sites is 1. The molecule has 0 aromatic heterocycles. The van der Waals surface area contributed by atoms with Gasteiger partial charge in [0.1, 0.15) is 0 Å². The van der Waals surface area contributed by atoms with Crippen molar-refractivity contribution in [1.29, 1.82) is 0 Å². The van der Waals surface area contributed by atoms with Crippen molar-refractivity contribution in [1.82, 2.24) is 0 Å². The van der Waals surface area contributed by atoms with E-state index in [9.17, 15) is 9.90 Å². The number of carboxylic acid groups (broad SMARTS) is 1. The highest BCUT2D eigenvalue weighted by Gasteiger charge is 2.28. The van der Waals surface area contributed by atoms with Crippen LogP contribution in [0.25, 0.3) is 0 Å². The molecule has 20 heavy (non-hydrogen) atoms. The summed E-state index contributed by atoms with van der Waals surface area (Å²) < 4.78 is 0. The van der Waals surface area contributed by atoms with Crippen molar-refractivity contribution in [3.05, 3.63) is 65.2 Å². The lowest BCUT2D eigenvalue weighted by Gasteiger charge is -2.28. The molecule has 1 heterocycles. The van der Waals surface area contributed by atoms with Crippen LogP contribution in [0.2, 0.25) is 0 Å². The predicted molar refractivity (Wildman–Crippen MR) is 79.3 cm³/mol. The van der Waals surface area contributed by atoms with Crippen LogP contribution in [0.3, 0.4) is 0 Å². The molecule has 0 radical (unpaired) electrons. The molecule has 0 amide bonds. The summed E-state index contributed by atoms with van der Waals surface area (Å²) in [6.45, 7) is 3.00. The third kappa shape index (κ3) is 2.05. The number of rotatable bonds is 3. The number of nitrogens with zero attached hydrogens (tertiary/aromatic N) is 1. The molecule has 0 unspecified atom stereocenters. The van der Waals surface area contributed by atoms with E-state index >= 15 is 0 Å². The lowest BCUT2D eigenvalue weighted by atomic mass is 10.0. The van der Waals surface area contributed by atoms with Gasteiger partial charge in [-0.3, -0.25) is 0 Å². The standard InChI is InChI=1S/C17H17NO2/c1-12(13-6-3-2-4-7-13)18-11-10-14-8-5-9-15(16(14)18)17(19)20/h2-9,12H,10-11H2,1H3,(H,19,20)/t12-/m1/s1. The second-order valence-corrected chi connectivity index (χ2v) is 5.15. The molecule has 0 bridgehead atoms. The van der Waals surface area contributed by atoms with E-state index in [0.717, 1.165) is 24.2 Å². The monoisotopic (exact) mass is 267 g/mol. The van der Waals surface area contributed by atoms with Crippen LogP contribution in [0.1, 0.15) is 34.5 Å². The largest absolute Gasteiger partial charge is 0.478 e. The van der Waals surface area contributed by atoms with Gasteiger partial charge in [0, 0.05) is 6.54 Å². The summed E-state index contributed by atoms with van der Waals surface area (Å²) in [6, 6.07) is 15.9. The molecule has 0 saturated carbocycles. The van der Waals surface area contributed by atoms with E-state index in [1.807, 2.05) is 30.3 Å². The number of aromatic carboxylic acids is 1. The van der Waals surface area contributed by atoms with Crippen molar-refractivity contribution in [2.75, 3.05) is 11.4 Å². The molecule has 1 N–H and O–H groups in total. The van der Waals surface area contributed by atoms with Gasteiger partial charge in [-0.25, -0.2) is 4.79 Å². The van der Waals surface area contributed by atoms with Crippen LogP contribution in [0.4, 0.5) is 5.69 Å². The summed E-state index contributed by atoms with van der Waals surface area (Å²) in [7, 11) is 0. The first-order valence-electron chi connectivity index (χ1n) is 6.85.